The molecule has 1 aliphatic heterocycles. The van der Waals surface area contributed by atoms with Gasteiger partial charge in [0, 0.05) is 38.8 Å². The molecule has 3 nitrogen and oxygen atoms in total. The summed E-state index contributed by atoms with van der Waals surface area (Å²) in [5.41, 5.74) is 8.87. The average Bonchev–Trinajstić information content (AvgIpc) is 2.50. The van der Waals surface area contributed by atoms with Crippen LogP contribution in [0.3, 0.4) is 0 Å². The summed E-state index contributed by atoms with van der Waals surface area (Å²) in [6.07, 6.45) is 1.16. The van der Waals surface area contributed by atoms with Gasteiger partial charge in [-0.15, -0.1) is 0 Å². The molecule has 1 fully saturated rings. The lowest BCUT2D eigenvalue weighted by molar-refractivity contribution is 0.102. The molecular weight excluding hydrogens is 258 g/mol. The van der Waals surface area contributed by atoms with Crippen molar-refractivity contribution < 1.29 is 0 Å². The summed E-state index contributed by atoms with van der Waals surface area (Å²) in [6, 6.07) is 9.49. The van der Waals surface area contributed by atoms with Crippen molar-refractivity contribution in [1.29, 1.82) is 0 Å². The van der Waals surface area contributed by atoms with Gasteiger partial charge >= 0.3 is 0 Å². The number of rotatable bonds is 6. The third-order valence-corrected chi connectivity index (χ3v) is 4.53. The second-order valence-corrected chi connectivity index (χ2v) is 6.56. The first-order valence-electron chi connectivity index (χ1n) is 8.39. The van der Waals surface area contributed by atoms with E-state index in [9.17, 15) is 0 Å². The summed E-state index contributed by atoms with van der Waals surface area (Å²) >= 11 is 0. The molecule has 0 bridgehead atoms. The van der Waals surface area contributed by atoms with Crippen LogP contribution >= 0.6 is 0 Å². The number of hydrogen-bond donors (Lipinski definition) is 1. The molecule has 0 radical (unpaired) electrons. The number of piperazine rings is 1. The number of likely N-dealkylation sites (N-methyl/N-ethyl adjacent to an activating group) is 1. The Morgan fingerprint density at radius 1 is 1.05 bits per heavy atom. The summed E-state index contributed by atoms with van der Waals surface area (Å²) in [7, 11) is 0. The van der Waals surface area contributed by atoms with Crippen LogP contribution in [-0.4, -0.2) is 49.1 Å². The van der Waals surface area contributed by atoms with E-state index in [1.807, 2.05) is 0 Å². The zero-order valence-electron chi connectivity index (χ0n) is 13.9. The van der Waals surface area contributed by atoms with E-state index < -0.39 is 0 Å². The van der Waals surface area contributed by atoms with Crippen molar-refractivity contribution in [1.82, 2.24) is 9.80 Å². The molecule has 0 saturated carbocycles. The second-order valence-electron chi connectivity index (χ2n) is 6.56. The monoisotopic (exact) mass is 289 g/mol. The first kappa shape index (κ1) is 16.5. The Labute approximate surface area is 130 Å². The van der Waals surface area contributed by atoms with Crippen molar-refractivity contribution in [2.45, 2.75) is 33.2 Å². The molecule has 3 heteroatoms. The lowest BCUT2D eigenvalue weighted by atomic mass is 9.98. The number of nitrogens with zero attached hydrogens (tertiary/aromatic N) is 2. The molecule has 1 aliphatic rings. The van der Waals surface area contributed by atoms with Gasteiger partial charge in [0.25, 0.3) is 0 Å². The van der Waals surface area contributed by atoms with Crippen LogP contribution in [0, 0.1) is 5.92 Å². The molecule has 1 aromatic carbocycles. The molecule has 1 unspecified atom stereocenters. The molecule has 118 valence electrons. The smallest absolute Gasteiger partial charge is 0.0471 e. The minimum atomic E-state index is 0.372. The molecule has 21 heavy (non-hydrogen) atoms. The van der Waals surface area contributed by atoms with E-state index in [2.05, 4.69) is 54.8 Å². The predicted molar refractivity (Wildman–Crippen MR) is 90.5 cm³/mol. The molecule has 1 heterocycles. The van der Waals surface area contributed by atoms with Crippen molar-refractivity contribution in [3.8, 4) is 0 Å². The molecule has 1 atom stereocenters. The summed E-state index contributed by atoms with van der Waals surface area (Å²) < 4.78 is 0. The van der Waals surface area contributed by atoms with Crippen LogP contribution in [0.5, 0.6) is 0 Å². The quantitative estimate of drug-likeness (QED) is 0.873. The van der Waals surface area contributed by atoms with Crippen LogP contribution in [0.25, 0.3) is 0 Å². The molecule has 2 N–H and O–H groups in total. The fourth-order valence-electron chi connectivity index (χ4n) is 3.23. The summed E-state index contributed by atoms with van der Waals surface area (Å²) in [5, 5.41) is 0. The second kappa shape index (κ2) is 7.92. The minimum absolute atomic E-state index is 0.372. The average molecular weight is 289 g/mol. The van der Waals surface area contributed by atoms with Crippen molar-refractivity contribution in [2.24, 2.45) is 11.7 Å². The van der Waals surface area contributed by atoms with E-state index >= 15 is 0 Å². The van der Waals surface area contributed by atoms with Gasteiger partial charge in [0.15, 0.2) is 0 Å². The largest absolute Gasteiger partial charge is 0.329 e. The highest BCUT2D eigenvalue weighted by atomic mass is 15.3. The van der Waals surface area contributed by atoms with Gasteiger partial charge in [0.2, 0.25) is 0 Å². The van der Waals surface area contributed by atoms with Gasteiger partial charge in [-0.2, -0.15) is 0 Å². The standard InChI is InChI=1S/C18H31N3/c1-4-20-9-11-21(12-10-20)18(14-19)17-7-5-16(6-8-17)13-15(2)3/h5-8,15,18H,4,9-14,19H2,1-3H3. The maximum atomic E-state index is 6.07. The number of hydrogen-bond acceptors (Lipinski definition) is 3. The Hall–Kier alpha value is -0.900. The van der Waals surface area contributed by atoms with E-state index in [0.29, 0.717) is 18.5 Å². The van der Waals surface area contributed by atoms with E-state index in [1.54, 1.807) is 0 Å². The van der Waals surface area contributed by atoms with Crippen molar-refractivity contribution in [3.05, 3.63) is 35.4 Å². The lowest BCUT2D eigenvalue weighted by Crippen LogP contribution is -2.48. The topological polar surface area (TPSA) is 32.5 Å². The molecule has 0 amide bonds. The number of benzene rings is 1. The summed E-state index contributed by atoms with van der Waals surface area (Å²) in [4.78, 5) is 5.05. The molecular formula is C18H31N3. The van der Waals surface area contributed by atoms with Crippen LogP contribution in [0.1, 0.15) is 37.9 Å². The molecule has 0 aliphatic carbocycles. The third kappa shape index (κ3) is 4.53. The Balaban J connectivity index is 2.00. The van der Waals surface area contributed by atoms with Gasteiger partial charge in [0.05, 0.1) is 0 Å². The highest BCUT2D eigenvalue weighted by Gasteiger charge is 2.23. The highest BCUT2D eigenvalue weighted by Crippen LogP contribution is 2.22. The Morgan fingerprint density at radius 2 is 1.67 bits per heavy atom. The summed E-state index contributed by atoms with van der Waals surface area (Å²) in [5.74, 6) is 0.711. The first-order chi connectivity index (χ1) is 10.1. The molecule has 0 spiro atoms. The maximum Gasteiger partial charge on any atom is 0.0471 e. The zero-order valence-corrected chi connectivity index (χ0v) is 13.9. The summed E-state index contributed by atoms with van der Waals surface area (Å²) in [6.45, 7) is 13.2. The van der Waals surface area contributed by atoms with Crippen LogP contribution in [0.2, 0.25) is 0 Å². The Kier molecular flexibility index (Phi) is 6.22. The van der Waals surface area contributed by atoms with Crippen LogP contribution in [0.15, 0.2) is 24.3 Å². The van der Waals surface area contributed by atoms with Gasteiger partial charge in [-0.25, -0.2) is 0 Å². The van der Waals surface area contributed by atoms with E-state index in [-0.39, 0.29) is 0 Å². The van der Waals surface area contributed by atoms with Gasteiger partial charge in [0.1, 0.15) is 0 Å². The van der Waals surface area contributed by atoms with E-state index in [4.69, 9.17) is 5.73 Å². The highest BCUT2D eigenvalue weighted by molar-refractivity contribution is 5.26. The van der Waals surface area contributed by atoms with Crippen LogP contribution < -0.4 is 5.73 Å². The first-order valence-corrected chi connectivity index (χ1v) is 8.39. The van der Waals surface area contributed by atoms with Crippen LogP contribution in [0.4, 0.5) is 0 Å². The lowest BCUT2D eigenvalue weighted by Gasteiger charge is -2.38. The molecule has 1 aromatic rings. The molecule has 2 rings (SSSR count). The number of nitrogens with two attached hydrogens (primary N) is 1. The Morgan fingerprint density at radius 3 is 2.14 bits per heavy atom. The van der Waals surface area contributed by atoms with E-state index in [0.717, 1.165) is 26.1 Å². The van der Waals surface area contributed by atoms with Gasteiger partial charge in [-0.05, 0) is 30.0 Å². The van der Waals surface area contributed by atoms with Crippen LogP contribution in [-0.2, 0) is 6.42 Å². The predicted octanol–water partition coefficient (Wildman–Crippen LogP) is 2.52. The fourth-order valence-corrected chi connectivity index (χ4v) is 3.23. The molecule has 1 saturated heterocycles. The van der Waals surface area contributed by atoms with Gasteiger partial charge in [-0.3, -0.25) is 4.90 Å². The third-order valence-electron chi connectivity index (χ3n) is 4.53. The van der Waals surface area contributed by atoms with Crippen molar-refractivity contribution in [3.63, 3.8) is 0 Å². The zero-order chi connectivity index (χ0) is 15.2. The van der Waals surface area contributed by atoms with Crippen molar-refractivity contribution >= 4 is 0 Å². The van der Waals surface area contributed by atoms with Crippen molar-refractivity contribution in [2.75, 3.05) is 39.3 Å². The molecule has 0 aromatic heterocycles. The SMILES string of the molecule is CCN1CCN(C(CN)c2ccc(CC(C)C)cc2)CC1. The maximum absolute atomic E-state index is 6.07. The van der Waals surface area contributed by atoms with E-state index in [1.165, 1.54) is 24.2 Å². The minimum Gasteiger partial charge on any atom is -0.329 e. The Bertz CT molecular complexity index is 405. The van der Waals surface area contributed by atoms with Gasteiger partial charge in [-0.1, -0.05) is 45.0 Å². The fraction of sp³-hybridized carbons (Fsp3) is 0.667. The normalized spacial score (nSPS) is 19.1. The van der Waals surface area contributed by atoms with Gasteiger partial charge < -0.3 is 10.6 Å².